The molecule has 6 nitrogen and oxygen atoms in total. The lowest BCUT2D eigenvalue weighted by molar-refractivity contribution is -0.385. The Morgan fingerprint density at radius 2 is 2.32 bits per heavy atom. The van der Waals surface area contributed by atoms with E-state index in [0.29, 0.717) is 23.0 Å². The normalized spacial score (nSPS) is 10.4. The molecule has 7 heteroatoms. The molecule has 0 aliphatic carbocycles. The molecule has 2 aromatic rings. The van der Waals surface area contributed by atoms with Gasteiger partial charge in [0.2, 0.25) is 0 Å². The first-order chi connectivity index (χ1) is 9.11. The number of nitro groups is 1. The van der Waals surface area contributed by atoms with Crippen molar-refractivity contribution in [1.82, 2.24) is 4.98 Å². The van der Waals surface area contributed by atoms with Crippen molar-refractivity contribution in [3.05, 3.63) is 33.7 Å². The van der Waals surface area contributed by atoms with Gasteiger partial charge in [0.1, 0.15) is 0 Å². The molecule has 0 fully saturated rings. The summed E-state index contributed by atoms with van der Waals surface area (Å²) in [6.45, 7) is 2.39. The van der Waals surface area contributed by atoms with Gasteiger partial charge < -0.3 is 10.5 Å². The molecule has 0 aliphatic rings. The van der Waals surface area contributed by atoms with E-state index in [9.17, 15) is 10.1 Å². The van der Waals surface area contributed by atoms with Gasteiger partial charge in [0.25, 0.3) is 0 Å². The van der Waals surface area contributed by atoms with Crippen LogP contribution in [-0.2, 0) is 0 Å². The fourth-order valence-corrected chi connectivity index (χ4v) is 2.15. The molecule has 1 aromatic heterocycles. The Balaban J connectivity index is 2.38. The smallest absolute Gasteiger partial charge is 0.311 e. The van der Waals surface area contributed by atoms with E-state index in [0.717, 1.165) is 6.42 Å². The van der Waals surface area contributed by atoms with Crippen LogP contribution in [0.2, 0.25) is 0 Å². The van der Waals surface area contributed by atoms with E-state index in [1.165, 1.54) is 17.4 Å². The topological polar surface area (TPSA) is 91.3 Å². The molecular weight excluding hydrogens is 266 g/mol. The minimum atomic E-state index is -0.454. The second kappa shape index (κ2) is 5.66. The number of anilines is 1. The van der Waals surface area contributed by atoms with E-state index in [4.69, 9.17) is 10.5 Å². The van der Waals surface area contributed by atoms with Gasteiger partial charge >= 0.3 is 5.69 Å². The van der Waals surface area contributed by atoms with E-state index >= 15 is 0 Å². The van der Waals surface area contributed by atoms with Gasteiger partial charge in [0.05, 0.1) is 17.2 Å². The average Bonchev–Trinajstić information content (AvgIpc) is 2.82. The third kappa shape index (κ3) is 3.00. The highest BCUT2D eigenvalue weighted by atomic mass is 32.1. The second-order valence-corrected chi connectivity index (χ2v) is 4.75. The molecule has 0 amide bonds. The van der Waals surface area contributed by atoms with E-state index in [-0.39, 0.29) is 11.4 Å². The minimum Gasteiger partial charge on any atom is -0.487 e. The van der Waals surface area contributed by atoms with Gasteiger partial charge in [-0.25, -0.2) is 4.98 Å². The number of thiazole rings is 1. The molecule has 0 atom stereocenters. The molecule has 2 N–H and O–H groups in total. The first-order valence-electron chi connectivity index (χ1n) is 5.74. The third-order valence-electron chi connectivity index (χ3n) is 2.44. The van der Waals surface area contributed by atoms with Gasteiger partial charge in [-0.1, -0.05) is 6.92 Å². The molecule has 0 radical (unpaired) electrons. The van der Waals surface area contributed by atoms with E-state index in [2.05, 4.69) is 4.98 Å². The molecule has 0 unspecified atom stereocenters. The van der Waals surface area contributed by atoms with Crippen molar-refractivity contribution in [2.45, 2.75) is 13.3 Å². The Morgan fingerprint density at radius 3 is 2.89 bits per heavy atom. The van der Waals surface area contributed by atoms with Crippen LogP contribution < -0.4 is 10.5 Å². The van der Waals surface area contributed by atoms with Crippen LogP contribution in [0.5, 0.6) is 5.75 Å². The maximum absolute atomic E-state index is 11.1. The summed E-state index contributed by atoms with van der Waals surface area (Å²) in [4.78, 5) is 14.7. The van der Waals surface area contributed by atoms with Gasteiger partial charge in [-0.05, 0) is 18.6 Å². The van der Waals surface area contributed by atoms with Crippen molar-refractivity contribution < 1.29 is 9.66 Å². The maximum atomic E-state index is 11.1. The molecule has 1 heterocycles. The van der Waals surface area contributed by atoms with Gasteiger partial charge in [-0.15, -0.1) is 11.3 Å². The highest BCUT2D eigenvalue weighted by Crippen LogP contribution is 2.33. The van der Waals surface area contributed by atoms with Gasteiger partial charge in [0, 0.05) is 17.0 Å². The number of ether oxygens (including phenoxy) is 1. The zero-order chi connectivity index (χ0) is 13.8. The van der Waals surface area contributed by atoms with Crippen LogP contribution in [0.15, 0.2) is 23.6 Å². The standard InChI is InChI=1S/C12H13N3O3S/c1-2-5-18-11-4-3-8(6-10(11)15(16)17)9-7-19-12(13)14-9/h3-4,6-7H,2,5H2,1H3,(H2,13,14). The van der Waals surface area contributed by atoms with Crippen LogP contribution in [0, 0.1) is 10.1 Å². The molecule has 0 saturated heterocycles. The molecule has 100 valence electrons. The van der Waals surface area contributed by atoms with Gasteiger partial charge in [-0.3, -0.25) is 10.1 Å². The summed E-state index contributed by atoms with van der Waals surface area (Å²) in [6, 6.07) is 4.80. The van der Waals surface area contributed by atoms with Crippen LogP contribution in [0.3, 0.4) is 0 Å². The highest BCUT2D eigenvalue weighted by molar-refractivity contribution is 7.13. The summed E-state index contributed by atoms with van der Waals surface area (Å²) >= 11 is 1.30. The number of hydrogen-bond donors (Lipinski definition) is 1. The van der Waals surface area contributed by atoms with E-state index in [1.54, 1.807) is 17.5 Å². The number of aromatic nitrogens is 1. The fraction of sp³-hybridized carbons (Fsp3) is 0.250. The number of nitrogen functional groups attached to an aromatic ring is 1. The average molecular weight is 279 g/mol. The first-order valence-corrected chi connectivity index (χ1v) is 6.62. The SMILES string of the molecule is CCCOc1ccc(-c2csc(N)n2)cc1[N+](=O)[O-]. The summed E-state index contributed by atoms with van der Waals surface area (Å²) < 4.78 is 5.36. The summed E-state index contributed by atoms with van der Waals surface area (Å²) in [5.74, 6) is 0.277. The Labute approximate surface area is 114 Å². The predicted octanol–water partition coefficient (Wildman–Crippen LogP) is 3.09. The molecule has 0 saturated carbocycles. The molecule has 1 aromatic carbocycles. The van der Waals surface area contributed by atoms with Crippen LogP contribution in [0.1, 0.15) is 13.3 Å². The lowest BCUT2D eigenvalue weighted by atomic mass is 10.1. The highest BCUT2D eigenvalue weighted by Gasteiger charge is 2.17. The van der Waals surface area contributed by atoms with Crippen LogP contribution in [-0.4, -0.2) is 16.5 Å². The number of benzene rings is 1. The lowest BCUT2D eigenvalue weighted by Gasteiger charge is -2.06. The number of hydrogen-bond acceptors (Lipinski definition) is 6. The molecule has 0 bridgehead atoms. The van der Waals surface area contributed by atoms with Crippen molar-refractivity contribution in [3.63, 3.8) is 0 Å². The van der Waals surface area contributed by atoms with Crippen LogP contribution >= 0.6 is 11.3 Å². The Kier molecular flexibility index (Phi) is 3.96. The molecular formula is C12H13N3O3S. The number of rotatable bonds is 5. The summed E-state index contributed by atoms with van der Waals surface area (Å²) in [6.07, 6.45) is 0.793. The van der Waals surface area contributed by atoms with Gasteiger partial charge in [-0.2, -0.15) is 0 Å². The zero-order valence-corrected chi connectivity index (χ0v) is 11.1. The molecule has 0 aliphatic heterocycles. The van der Waals surface area contributed by atoms with E-state index < -0.39 is 4.92 Å². The fourth-order valence-electron chi connectivity index (χ4n) is 1.57. The Morgan fingerprint density at radius 1 is 1.53 bits per heavy atom. The van der Waals surface area contributed by atoms with Crippen LogP contribution in [0.4, 0.5) is 10.8 Å². The maximum Gasteiger partial charge on any atom is 0.311 e. The number of nitro benzene ring substituents is 1. The predicted molar refractivity (Wildman–Crippen MR) is 74.4 cm³/mol. The van der Waals surface area contributed by atoms with Crippen molar-refractivity contribution in [1.29, 1.82) is 0 Å². The minimum absolute atomic E-state index is 0.0579. The Hall–Kier alpha value is -2.15. The number of nitrogens with two attached hydrogens (primary N) is 1. The largest absolute Gasteiger partial charge is 0.487 e. The van der Waals surface area contributed by atoms with Crippen molar-refractivity contribution in [2.75, 3.05) is 12.3 Å². The Bertz CT molecular complexity index is 598. The first kappa shape index (κ1) is 13.3. The lowest BCUT2D eigenvalue weighted by Crippen LogP contribution is -1.99. The monoisotopic (exact) mass is 279 g/mol. The van der Waals surface area contributed by atoms with Gasteiger partial charge in [0.15, 0.2) is 10.9 Å². The van der Waals surface area contributed by atoms with Crippen molar-refractivity contribution >= 4 is 22.2 Å². The van der Waals surface area contributed by atoms with Crippen molar-refractivity contribution in [3.8, 4) is 17.0 Å². The molecule has 2 rings (SSSR count). The quantitative estimate of drug-likeness (QED) is 0.670. The molecule has 19 heavy (non-hydrogen) atoms. The third-order valence-corrected chi connectivity index (χ3v) is 3.11. The summed E-state index contributed by atoms with van der Waals surface area (Å²) in [7, 11) is 0. The second-order valence-electron chi connectivity index (χ2n) is 3.86. The van der Waals surface area contributed by atoms with Crippen LogP contribution in [0.25, 0.3) is 11.3 Å². The molecule has 0 spiro atoms. The number of nitrogens with zero attached hydrogens (tertiary/aromatic N) is 2. The zero-order valence-electron chi connectivity index (χ0n) is 10.3. The summed E-state index contributed by atoms with van der Waals surface area (Å²) in [5, 5.41) is 13.3. The van der Waals surface area contributed by atoms with E-state index in [1.807, 2.05) is 6.92 Å². The van der Waals surface area contributed by atoms with Crippen molar-refractivity contribution in [2.24, 2.45) is 0 Å². The summed E-state index contributed by atoms with van der Waals surface area (Å²) in [5.41, 5.74) is 6.79.